The minimum absolute atomic E-state index is 0.218. The summed E-state index contributed by atoms with van der Waals surface area (Å²) in [5.41, 5.74) is 4.63. The molecule has 1 aromatic heterocycles. The van der Waals surface area contributed by atoms with Gasteiger partial charge in [0.05, 0.1) is 7.11 Å². The van der Waals surface area contributed by atoms with Crippen LogP contribution in [0.4, 0.5) is 0 Å². The number of rotatable bonds is 2. The highest BCUT2D eigenvalue weighted by molar-refractivity contribution is 5.86. The number of benzene rings is 1. The van der Waals surface area contributed by atoms with Crippen molar-refractivity contribution in [2.75, 3.05) is 7.11 Å². The van der Waals surface area contributed by atoms with Crippen LogP contribution in [-0.4, -0.2) is 17.6 Å². The number of carbonyl (C=O) groups excluding carboxylic acids is 1. The summed E-state index contributed by atoms with van der Waals surface area (Å²) >= 11 is 0. The molecule has 1 aromatic carbocycles. The maximum atomic E-state index is 11.4. The lowest BCUT2D eigenvalue weighted by Crippen LogP contribution is -2.12. The molecule has 0 radical (unpaired) electrons. The van der Waals surface area contributed by atoms with E-state index in [1.807, 2.05) is 11.5 Å². The molecule has 0 atom stereocenters. The van der Waals surface area contributed by atoms with Crippen LogP contribution in [0.25, 0.3) is 10.9 Å². The fourth-order valence-electron chi connectivity index (χ4n) is 2.25. The van der Waals surface area contributed by atoms with Crippen molar-refractivity contribution in [2.45, 2.75) is 27.3 Å². The van der Waals surface area contributed by atoms with Gasteiger partial charge in [-0.15, -0.1) is 0 Å². The van der Waals surface area contributed by atoms with Crippen LogP contribution in [0.1, 0.15) is 16.8 Å². The molecule has 0 spiro atoms. The number of esters is 1. The zero-order valence-electron chi connectivity index (χ0n) is 10.7. The zero-order valence-corrected chi connectivity index (χ0v) is 10.7. The van der Waals surface area contributed by atoms with Crippen molar-refractivity contribution < 1.29 is 9.53 Å². The van der Waals surface area contributed by atoms with E-state index < -0.39 is 0 Å². The first kappa shape index (κ1) is 11.7. The Morgan fingerprint density at radius 2 is 1.94 bits per heavy atom. The Balaban J connectivity index is 2.62. The molecule has 17 heavy (non-hydrogen) atoms. The molecule has 0 fully saturated rings. The summed E-state index contributed by atoms with van der Waals surface area (Å²) in [6.07, 6.45) is 0. The maximum absolute atomic E-state index is 11.4. The van der Waals surface area contributed by atoms with Gasteiger partial charge in [0.15, 0.2) is 0 Å². The Hall–Kier alpha value is -1.77. The highest BCUT2D eigenvalue weighted by Gasteiger charge is 2.11. The minimum atomic E-state index is -0.218. The van der Waals surface area contributed by atoms with E-state index in [0.29, 0.717) is 0 Å². The number of carbonyl (C=O) groups is 1. The summed E-state index contributed by atoms with van der Waals surface area (Å²) in [5, 5.41) is 1.21. The predicted octanol–water partition coefficient (Wildman–Crippen LogP) is 2.74. The lowest BCUT2D eigenvalue weighted by Gasteiger charge is -2.07. The van der Waals surface area contributed by atoms with Gasteiger partial charge in [-0.1, -0.05) is 6.07 Å². The third-order valence-electron chi connectivity index (χ3n) is 3.09. The SMILES string of the molecule is COC(=O)Cn1c(C)cc2c(C)cc(C)cc21. The monoisotopic (exact) mass is 231 g/mol. The summed E-state index contributed by atoms with van der Waals surface area (Å²) in [6.45, 7) is 6.45. The molecule has 2 aromatic rings. The first-order valence-electron chi connectivity index (χ1n) is 5.67. The Morgan fingerprint density at radius 1 is 1.24 bits per heavy atom. The molecular weight excluding hydrogens is 214 g/mol. The zero-order chi connectivity index (χ0) is 12.6. The van der Waals surface area contributed by atoms with Gasteiger partial charge in [0.1, 0.15) is 6.54 Å². The van der Waals surface area contributed by atoms with Crippen LogP contribution in [0.2, 0.25) is 0 Å². The lowest BCUT2D eigenvalue weighted by atomic mass is 10.1. The first-order chi connectivity index (χ1) is 8.02. The van der Waals surface area contributed by atoms with E-state index in [2.05, 4.69) is 32.0 Å². The van der Waals surface area contributed by atoms with Gasteiger partial charge in [-0.3, -0.25) is 4.79 Å². The molecule has 0 aliphatic rings. The van der Waals surface area contributed by atoms with E-state index in [1.54, 1.807) is 0 Å². The van der Waals surface area contributed by atoms with Crippen molar-refractivity contribution in [3.05, 3.63) is 35.0 Å². The predicted molar refractivity (Wildman–Crippen MR) is 68.2 cm³/mol. The Bertz CT molecular complexity index is 581. The number of hydrogen-bond acceptors (Lipinski definition) is 2. The molecule has 0 aliphatic carbocycles. The topological polar surface area (TPSA) is 31.2 Å². The Morgan fingerprint density at radius 3 is 2.59 bits per heavy atom. The maximum Gasteiger partial charge on any atom is 0.325 e. The summed E-state index contributed by atoms with van der Waals surface area (Å²) in [5.74, 6) is -0.218. The summed E-state index contributed by atoms with van der Waals surface area (Å²) in [6, 6.07) is 6.38. The van der Waals surface area contributed by atoms with E-state index in [4.69, 9.17) is 4.74 Å². The standard InChI is InChI=1S/C14H17NO2/c1-9-5-10(2)12-7-11(3)15(13(12)6-9)8-14(16)17-4/h5-7H,8H2,1-4H3. The highest BCUT2D eigenvalue weighted by atomic mass is 16.5. The van der Waals surface area contributed by atoms with Crippen molar-refractivity contribution in [2.24, 2.45) is 0 Å². The second-order valence-electron chi connectivity index (χ2n) is 4.46. The molecule has 3 nitrogen and oxygen atoms in total. The van der Waals surface area contributed by atoms with Crippen LogP contribution in [0.15, 0.2) is 18.2 Å². The number of ether oxygens (including phenoxy) is 1. The van der Waals surface area contributed by atoms with Gasteiger partial charge in [-0.2, -0.15) is 0 Å². The Kier molecular flexibility index (Phi) is 2.92. The van der Waals surface area contributed by atoms with Crippen LogP contribution >= 0.6 is 0 Å². The fourth-order valence-corrected chi connectivity index (χ4v) is 2.25. The molecule has 0 saturated heterocycles. The number of aromatic nitrogens is 1. The average molecular weight is 231 g/mol. The van der Waals surface area contributed by atoms with Crippen LogP contribution in [0.5, 0.6) is 0 Å². The van der Waals surface area contributed by atoms with Crippen LogP contribution in [0, 0.1) is 20.8 Å². The van der Waals surface area contributed by atoms with Gasteiger partial charge in [0.2, 0.25) is 0 Å². The van der Waals surface area contributed by atoms with E-state index in [1.165, 1.54) is 23.6 Å². The van der Waals surface area contributed by atoms with Gasteiger partial charge in [0, 0.05) is 16.6 Å². The third kappa shape index (κ3) is 2.05. The average Bonchev–Trinajstić information content (AvgIpc) is 2.57. The molecule has 2 rings (SSSR count). The molecule has 3 heteroatoms. The van der Waals surface area contributed by atoms with E-state index in [-0.39, 0.29) is 12.5 Å². The van der Waals surface area contributed by atoms with Crippen molar-refractivity contribution in [3.63, 3.8) is 0 Å². The molecule has 0 amide bonds. The smallest absolute Gasteiger partial charge is 0.325 e. The molecule has 0 N–H and O–H groups in total. The second-order valence-corrected chi connectivity index (χ2v) is 4.46. The fraction of sp³-hybridized carbons (Fsp3) is 0.357. The van der Waals surface area contributed by atoms with Crippen molar-refractivity contribution in [3.8, 4) is 0 Å². The first-order valence-corrected chi connectivity index (χ1v) is 5.67. The second kappa shape index (κ2) is 4.24. The number of hydrogen-bond donors (Lipinski definition) is 0. The number of nitrogens with zero attached hydrogens (tertiary/aromatic N) is 1. The molecule has 0 unspecified atom stereocenters. The van der Waals surface area contributed by atoms with Crippen molar-refractivity contribution in [1.82, 2.24) is 4.57 Å². The summed E-state index contributed by atoms with van der Waals surface area (Å²) in [4.78, 5) is 11.4. The third-order valence-corrected chi connectivity index (χ3v) is 3.09. The normalized spacial score (nSPS) is 10.8. The summed E-state index contributed by atoms with van der Waals surface area (Å²) in [7, 11) is 1.42. The van der Waals surface area contributed by atoms with Gasteiger partial charge in [0.25, 0.3) is 0 Å². The molecule has 0 aliphatic heterocycles. The van der Waals surface area contributed by atoms with Gasteiger partial charge in [-0.05, 0) is 44.0 Å². The molecule has 0 bridgehead atoms. The molecular formula is C14H17NO2. The lowest BCUT2D eigenvalue weighted by molar-refractivity contribution is -0.141. The van der Waals surface area contributed by atoms with E-state index in [9.17, 15) is 4.79 Å². The van der Waals surface area contributed by atoms with Gasteiger partial charge >= 0.3 is 5.97 Å². The number of methoxy groups -OCH3 is 1. The van der Waals surface area contributed by atoms with Crippen LogP contribution < -0.4 is 0 Å². The number of aryl methyl sites for hydroxylation is 3. The van der Waals surface area contributed by atoms with Crippen molar-refractivity contribution in [1.29, 1.82) is 0 Å². The molecule has 90 valence electrons. The highest BCUT2D eigenvalue weighted by Crippen LogP contribution is 2.24. The van der Waals surface area contributed by atoms with Crippen molar-refractivity contribution >= 4 is 16.9 Å². The molecule has 1 heterocycles. The quantitative estimate of drug-likeness (QED) is 0.744. The number of fused-ring (bicyclic) bond motifs is 1. The van der Waals surface area contributed by atoms with E-state index in [0.717, 1.165) is 11.2 Å². The Labute approximate surface area is 101 Å². The molecule has 0 saturated carbocycles. The van der Waals surface area contributed by atoms with Crippen LogP contribution in [0.3, 0.4) is 0 Å². The van der Waals surface area contributed by atoms with Gasteiger partial charge in [-0.25, -0.2) is 0 Å². The largest absolute Gasteiger partial charge is 0.468 e. The minimum Gasteiger partial charge on any atom is -0.468 e. The van der Waals surface area contributed by atoms with E-state index >= 15 is 0 Å². The van der Waals surface area contributed by atoms with Gasteiger partial charge < -0.3 is 9.30 Å². The summed E-state index contributed by atoms with van der Waals surface area (Å²) < 4.78 is 6.73. The van der Waals surface area contributed by atoms with Crippen LogP contribution in [-0.2, 0) is 16.1 Å².